The molecule has 1 atom stereocenters. The van der Waals surface area contributed by atoms with Crippen molar-refractivity contribution in [1.82, 2.24) is 24.6 Å². The maximum atomic E-state index is 13.4. The Labute approximate surface area is 155 Å². The zero-order valence-electron chi connectivity index (χ0n) is 14.8. The number of nitrogens with one attached hydrogen (secondary N) is 1. The molecule has 0 bridgehead atoms. The molecule has 0 radical (unpaired) electrons. The number of aromatic nitrogens is 4. The summed E-state index contributed by atoms with van der Waals surface area (Å²) in [5, 5.41) is 4.66. The summed E-state index contributed by atoms with van der Waals surface area (Å²) in [6, 6.07) is 6.43. The molecular weight excluding hydrogens is 349 g/mol. The van der Waals surface area contributed by atoms with Gasteiger partial charge in [-0.15, -0.1) is 0 Å². The topological polar surface area (TPSA) is 76.0 Å². The number of imidazole rings is 1. The molecule has 2 aliphatic heterocycles. The van der Waals surface area contributed by atoms with Gasteiger partial charge in [-0.25, -0.2) is 9.37 Å². The Kier molecular flexibility index (Phi) is 3.93. The molecule has 5 rings (SSSR count). The Morgan fingerprint density at radius 3 is 3.07 bits per heavy atom. The molecule has 0 saturated carbocycles. The van der Waals surface area contributed by atoms with Crippen molar-refractivity contribution in [2.75, 3.05) is 19.8 Å². The predicted octanol–water partition coefficient (Wildman–Crippen LogP) is 2.33. The maximum Gasteiger partial charge on any atom is 0.228 e. The van der Waals surface area contributed by atoms with Gasteiger partial charge in [-0.1, -0.05) is 0 Å². The van der Waals surface area contributed by atoms with Crippen LogP contribution in [0.5, 0.6) is 0 Å². The van der Waals surface area contributed by atoms with E-state index in [9.17, 15) is 9.18 Å². The van der Waals surface area contributed by atoms with Gasteiger partial charge in [0.25, 0.3) is 0 Å². The molecule has 0 spiro atoms. The number of aryl methyl sites for hydroxylation is 1. The normalized spacial score (nSPS) is 20.0. The summed E-state index contributed by atoms with van der Waals surface area (Å²) in [5.74, 6) is 0.453. The lowest BCUT2D eigenvalue weighted by Gasteiger charge is -2.22. The van der Waals surface area contributed by atoms with Crippen LogP contribution in [0.2, 0.25) is 0 Å². The first-order valence-corrected chi connectivity index (χ1v) is 9.26. The van der Waals surface area contributed by atoms with E-state index in [1.54, 1.807) is 6.07 Å². The van der Waals surface area contributed by atoms with Crippen molar-refractivity contribution in [3.05, 3.63) is 35.8 Å². The number of halogens is 1. The maximum absolute atomic E-state index is 13.4. The lowest BCUT2D eigenvalue weighted by atomic mass is 10.1. The molecule has 1 amide bonds. The Morgan fingerprint density at radius 2 is 2.22 bits per heavy atom. The van der Waals surface area contributed by atoms with Gasteiger partial charge in [0.05, 0.1) is 35.8 Å². The Morgan fingerprint density at radius 1 is 1.30 bits per heavy atom. The highest BCUT2D eigenvalue weighted by Crippen LogP contribution is 2.24. The van der Waals surface area contributed by atoms with Crippen molar-refractivity contribution in [2.45, 2.75) is 25.9 Å². The highest BCUT2D eigenvalue weighted by atomic mass is 19.1. The minimum Gasteiger partial charge on any atom is -0.381 e. The van der Waals surface area contributed by atoms with Crippen LogP contribution in [-0.4, -0.2) is 50.3 Å². The summed E-state index contributed by atoms with van der Waals surface area (Å²) in [7, 11) is 0. The average molecular weight is 369 g/mol. The second-order valence-corrected chi connectivity index (χ2v) is 7.16. The number of fused-ring (bicyclic) bond motifs is 2. The van der Waals surface area contributed by atoms with E-state index in [0.29, 0.717) is 42.3 Å². The van der Waals surface area contributed by atoms with Gasteiger partial charge in [0.2, 0.25) is 5.91 Å². The van der Waals surface area contributed by atoms with Crippen molar-refractivity contribution in [3.63, 3.8) is 0 Å². The van der Waals surface area contributed by atoms with E-state index in [1.807, 2.05) is 15.6 Å². The Hall–Kier alpha value is -2.74. The third kappa shape index (κ3) is 2.99. The molecule has 140 valence electrons. The van der Waals surface area contributed by atoms with Gasteiger partial charge in [0.15, 0.2) is 5.82 Å². The van der Waals surface area contributed by atoms with Crippen molar-refractivity contribution in [3.8, 4) is 11.5 Å². The first-order chi connectivity index (χ1) is 13.2. The second-order valence-electron chi connectivity index (χ2n) is 7.16. The number of hydrogen-bond acceptors (Lipinski definition) is 4. The van der Waals surface area contributed by atoms with Gasteiger partial charge in [-0.05, 0) is 37.1 Å². The minimum atomic E-state index is -0.302. The molecule has 0 unspecified atom stereocenters. The summed E-state index contributed by atoms with van der Waals surface area (Å²) in [6.45, 7) is 3.22. The highest BCUT2D eigenvalue weighted by Gasteiger charge is 2.30. The number of amides is 1. The first-order valence-electron chi connectivity index (χ1n) is 9.26. The Bertz CT molecular complexity index is 1000. The fourth-order valence-corrected chi connectivity index (χ4v) is 3.86. The van der Waals surface area contributed by atoms with Crippen LogP contribution in [0.1, 0.15) is 18.5 Å². The average Bonchev–Trinajstić information content (AvgIpc) is 3.38. The largest absolute Gasteiger partial charge is 0.381 e. The molecule has 8 heteroatoms. The molecule has 1 aromatic carbocycles. The van der Waals surface area contributed by atoms with Gasteiger partial charge in [-0.2, -0.15) is 5.10 Å². The summed E-state index contributed by atoms with van der Waals surface area (Å²) in [5.41, 5.74) is 3.04. The number of aromatic amines is 1. The van der Waals surface area contributed by atoms with Crippen LogP contribution in [0.4, 0.5) is 4.39 Å². The van der Waals surface area contributed by atoms with Crippen LogP contribution >= 0.6 is 0 Å². The molecule has 2 aliphatic rings. The summed E-state index contributed by atoms with van der Waals surface area (Å²) < 4.78 is 20.7. The van der Waals surface area contributed by atoms with Crippen molar-refractivity contribution < 1.29 is 13.9 Å². The minimum absolute atomic E-state index is 0.0239. The lowest BCUT2D eigenvalue weighted by molar-refractivity contribution is -0.136. The van der Waals surface area contributed by atoms with Crippen LogP contribution in [0, 0.1) is 11.7 Å². The zero-order valence-corrected chi connectivity index (χ0v) is 14.8. The summed E-state index contributed by atoms with van der Waals surface area (Å²) >= 11 is 0. The molecule has 3 aromatic rings. The summed E-state index contributed by atoms with van der Waals surface area (Å²) in [4.78, 5) is 22.3. The number of H-pyrrole nitrogens is 1. The van der Waals surface area contributed by atoms with Crippen LogP contribution in [0.15, 0.2) is 24.3 Å². The smallest absolute Gasteiger partial charge is 0.228 e. The van der Waals surface area contributed by atoms with Crippen molar-refractivity contribution >= 4 is 16.9 Å². The van der Waals surface area contributed by atoms with E-state index in [2.05, 4.69) is 15.1 Å². The quantitative estimate of drug-likeness (QED) is 0.752. The lowest BCUT2D eigenvalue weighted by Crippen LogP contribution is -2.36. The third-order valence-corrected chi connectivity index (χ3v) is 5.29. The van der Waals surface area contributed by atoms with Crippen LogP contribution in [0.3, 0.4) is 0 Å². The molecule has 1 N–H and O–H groups in total. The van der Waals surface area contributed by atoms with Gasteiger partial charge < -0.3 is 14.6 Å². The van der Waals surface area contributed by atoms with Crippen molar-refractivity contribution in [1.29, 1.82) is 0 Å². The van der Waals surface area contributed by atoms with Gasteiger partial charge in [0, 0.05) is 19.7 Å². The van der Waals surface area contributed by atoms with E-state index in [4.69, 9.17) is 4.74 Å². The van der Waals surface area contributed by atoms with Crippen molar-refractivity contribution in [2.24, 2.45) is 5.92 Å². The van der Waals surface area contributed by atoms with E-state index >= 15 is 0 Å². The van der Waals surface area contributed by atoms with E-state index in [-0.39, 0.29) is 17.6 Å². The number of hydrogen-bond donors (Lipinski definition) is 1. The second kappa shape index (κ2) is 6.45. The summed E-state index contributed by atoms with van der Waals surface area (Å²) in [6.07, 6.45) is 1.66. The van der Waals surface area contributed by atoms with Gasteiger partial charge >= 0.3 is 0 Å². The van der Waals surface area contributed by atoms with E-state index in [1.165, 1.54) is 12.1 Å². The number of benzene rings is 1. The Balaban J connectivity index is 1.43. The molecule has 1 saturated heterocycles. The molecule has 2 aromatic heterocycles. The standard InChI is InChI=1S/C19H20FN5O2/c20-13-2-3-15-16(8-13)22-18(21-15)17-9-14-10-24(5-1-6-25(14)23-17)19(26)12-4-7-27-11-12/h2-3,8-9,12H,1,4-7,10-11H2,(H,21,22)/t12-/m0/s1. The van der Waals surface area contributed by atoms with E-state index < -0.39 is 0 Å². The number of rotatable bonds is 2. The monoisotopic (exact) mass is 369 g/mol. The molecular formula is C19H20FN5O2. The third-order valence-electron chi connectivity index (χ3n) is 5.29. The van der Waals surface area contributed by atoms with Crippen LogP contribution in [0.25, 0.3) is 22.6 Å². The molecule has 4 heterocycles. The number of nitrogens with zero attached hydrogens (tertiary/aromatic N) is 4. The number of carbonyl (C=O) groups is 1. The zero-order chi connectivity index (χ0) is 18.4. The molecule has 27 heavy (non-hydrogen) atoms. The molecule has 7 nitrogen and oxygen atoms in total. The fourth-order valence-electron chi connectivity index (χ4n) is 3.86. The van der Waals surface area contributed by atoms with E-state index in [0.717, 1.165) is 31.6 Å². The highest BCUT2D eigenvalue weighted by molar-refractivity contribution is 5.80. The number of ether oxygens (including phenoxy) is 1. The fraction of sp³-hybridized carbons (Fsp3) is 0.421. The SMILES string of the molecule is O=C([C@H]1CCOC1)N1CCCn2nc(-c3nc4ccc(F)cc4[nH]3)cc2C1. The molecule has 1 fully saturated rings. The predicted molar refractivity (Wildman–Crippen MR) is 96.2 cm³/mol. The van der Waals surface area contributed by atoms with Crippen LogP contribution in [-0.2, 0) is 22.6 Å². The van der Waals surface area contributed by atoms with Gasteiger partial charge in [-0.3, -0.25) is 9.48 Å². The van der Waals surface area contributed by atoms with Gasteiger partial charge in [0.1, 0.15) is 11.5 Å². The molecule has 0 aliphatic carbocycles. The van der Waals surface area contributed by atoms with Crippen LogP contribution < -0.4 is 0 Å². The number of carbonyl (C=O) groups excluding carboxylic acids is 1. The first kappa shape index (κ1) is 16.4.